The van der Waals surface area contributed by atoms with Crippen molar-refractivity contribution in [2.45, 2.75) is 0 Å². The Morgan fingerprint density at radius 3 is 2.75 bits per heavy atom. The van der Waals surface area contributed by atoms with Gasteiger partial charge in [0.15, 0.2) is 5.58 Å². The van der Waals surface area contributed by atoms with Crippen molar-refractivity contribution in [1.29, 1.82) is 0 Å². The van der Waals surface area contributed by atoms with Gasteiger partial charge < -0.3 is 19.6 Å². The van der Waals surface area contributed by atoms with Gasteiger partial charge in [0.25, 0.3) is 0 Å². The van der Waals surface area contributed by atoms with E-state index in [1.165, 1.54) is 14.2 Å². The number of esters is 1. The van der Waals surface area contributed by atoms with E-state index in [1.807, 2.05) is 0 Å². The average molecular weight is 221 g/mol. The first-order valence-electron chi connectivity index (χ1n) is 4.61. The molecule has 5 heteroatoms. The summed E-state index contributed by atoms with van der Waals surface area (Å²) in [4.78, 5) is 11.3. The molecule has 0 radical (unpaired) electrons. The highest BCUT2D eigenvalue weighted by atomic mass is 16.5. The van der Waals surface area contributed by atoms with Crippen LogP contribution in [-0.4, -0.2) is 20.2 Å². The first kappa shape index (κ1) is 10.4. The normalized spacial score (nSPS) is 10.4. The van der Waals surface area contributed by atoms with Crippen LogP contribution >= 0.6 is 0 Å². The smallest absolute Gasteiger partial charge is 0.373 e. The Balaban J connectivity index is 2.68. The largest absolute Gasteiger partial charge is 0.496 e. The summed E-state index contributed by atoms with van der Waals surface area (Å²) >= 11 is 0. The molecule has 0 atom stereocenters. The van der Waals surface area contributed by atoms with Crippen LogP contribution in [0.5, 0.6) is 5.75 Å². The molecular formula is C11H11NO4. The average Bonchev–Trinajstić information content (AvgIpc) is 2.74. The number of furan rings is 1. The van der Waals surface area contributed by atoms with Crippen molar-refractivity contribution in [3.05, 3.63) is 24.0 Å². The molecular weight excluding hydrogens is 210 g/mol. The molecule has 1 aromatic carbocycles. The Morgan fingerprint density at radius 1 is 1.38 bits per heavy atom. The molecule has 16 heavy (non-hydrogen) atoms. The van der Waals surface area contributed by atoms with Crippen LogP contribution < -0.4 is 10.5 Å². The Morgan fingerprint density at radius 2 is 2.12 bits per heavy atom. The van der Waals surface area contributed by atoms with Gasteiger partial charge in [-0.05, 0) is 12.1 Å². The lowest BCUT2D eigenvalue weighted by Crippen LogP contribution is -1.98. The molecule has 0 aliphatic heterocycles. The second kappa shape index (κ2) is 3.77. The zero-order chi connectivity index (χ0) is 11.7. The van der Waals surface area contributed by atoms with E-state index in [4.69, 9.17) is 14.9 Å². The Bertz CT molecular complexity index is 544. The van der Waals surface area contributed by atoms with E-state index < -0.39 is 5.97 Å². The summed E-state index contributed by atoms with van der Waals surface area (Å²) in [6.07, 6.45) is 0. The molecule has 0 amide bonds. The van der Waals surface area contributed by atoms with Crippen molar-refractivity contribution in [3.63, 3.8) is 0 Å². The van der Waals surface area contributed by atoms with Gasteiger partial charge in [-0.15, -0.1) is 0 Å². The first-order valence-corrected chi connectivity index (χ1v) is 4.61. The van der Waals surface area contributed by atoms with Gasteiger partial charge in [-0.1, -0.05) is 0 Å². The standard InChI is InChI=1S/C11H11NO4/c1-14-8-4-3-7(12)10-6(8)5-9(16-10)11(13)15-2/h3-5H,12H2,1-2H3. The summed E-state index contributed by atoms with van der Waals surface area (Å²) in [5.41, 5.74) is 6.61. The fourth-order valence-electron chi connectivity index (χ4n) is 1.50. The van der Waals surface area contributed by atoms with Crippen LogP contribution in [0.3, 0.4) is 0 Å². The second-order valence-corrected chi connectivity index (χ2v) is 3.20. The van der Waals surface area contributed by atoms with E-state index in [-0.39, 0.29) is 5.76 Å². The van der Waals surface area contributed by atoms with Gasteiger partial charge in [-0.3, -0.25) is 0 Å². The summed E-state index contributed by atoms with van der Waals surface area (Å²) in [6.45, 7) is 0. The lowest BCUT2D eigenvalue weighted by Gasteiger charge is -2.01. The predicted molar refractivity (Wildman–Crippen MR) is 58.5 cm³/mol. The maximum Gasteiger partial charge on any atom is 0.373 e. The number of fused-ring (bicyclic) bond motifs is 1. The van der Waals surface area contributed by atoms with Crippen molar-refractivity contribution in [1.82, 2.24) is 0 Å². The number of anilines is 1. The lowest BCUT2D eigenvalue weighted by molar-refractivity contribution is 0.0568. The third kappa shape index (κ3) is 1.46. The van der Waals surface area contributed by atoms with Crippen LogP contribution in [0, 0.1) is 0 Å². The highest BCUT2D eigenvalue weighted by Gasteiger charge is 2.16. The van der Waals surface area contributed by atoms with Crippen LogP contribution in [-0.2, 0) is 4.74 Å². The zero-order valence-electron chi connectivity index (χ0n) is 8.94. The van der Waals surface area contributed by atoms with E-state index in [0.29, 0.717) is 22.4 Å². The molecule has 1 aromatic heterocycles. The molecule has 0 spiro atoms. The van der Waals surface area contributed by atoms with Crippen LogP contribution in [0.25, 0.3) is 11.0 Å². The minimum atomic E-state index is -0.544. The number of benzene rings is 1. The fraction of sp³-hybridized carbons (Fsp3) is 0.182. The number of carbonyl (C=O) groups excluding carboxylic acids is 1. The van der Waals surface area contributed by atoms with Crippen molar-refractivity contribution in [2.75, 3.05) is 20.0 Å². The highest BCUT2D eigenvalue weighted by molar-refractivity contribution is 5.99. The minimum Gasteiger partial charge on any atom is -0.496 e. The molecule has 0 saturated heterocycles. The molecule has 0 aliphatic rings. The fourth-order valence-corrected chi connectivity index (χ4v) is 1.50. The summed E-state index contributed by atoms with van der Waals surface area (Å²) in [5, 5.41) is 0.655. The number of nitrogen functional groups attached to an aromatic ring is 1. The van der Waals surface area contributed by atoms with Crippen molar-refractivity contribution in [2.24, 2.45) is 0 Å². The third-order valence-corrected chi connectivity index (χ3v) is 2.28. The van der Waals surface area contributed by atoms with Gasteiger partial charge in [-0.2, -0.15) is 0 Å². The topological polar surface area (TPSA) is 74.7 Å². The van der Waals surface area contributed by atoms with Crippen LogP contribution in [0.2, 0.25) is 0 Å². The van der Waals surface area contributed by atoms with Gasteiger partial charge in [-0.25, -0.2) is 4.79 Å². The monoisotopic (exact) mass is 221 g/mol. The maximum atomic E-state index is 11.3. The van der Waals surface area contributed by atoms with Crippen molar-refractivity contribution in [3.8, 4) is 5.75 Å². The van der Waals surface area contributed by atoms with Crippen LogP contribution in [0.1, 0.15) is 10.6 Å². The van der Waals surface area contributed by atoms with Gasteiger partial charge in [0.1, 0.15) is 5.75 Å². The number of nitrogens with two attached hydrogens (primary N) is 1. The van der Waals surface area contributed by atoms with Crippen LogP contribution in [0.15, 0.2) is 22.6 Å². The Hall–Kier alpha value is -2.17. The number of ether oxygens (including phenoxy) is 2. The van der Waals surface area contributed by atoms with E-state index >= 15 is 0 Å². The molecule has 2 aromatic rings. The van der Waals surface area contributed by atoms with Gasteiger partial charge in [0, 0.05) is 6.07 Å². The van der Waals surface area contributed by atoms with E-state index in [1.54, 1.807) is 18.2 Å². The summed E-state index contributed by atoms with van der Waals surface area (Å²) < 4.78 is 15.0. The quantitative estimate of drug-likeness (QED) is 0.618. The number of rotatable bonds is 2. The molecule has 2 N–H and O–H groups in total. The molecule has 1 heterocycles. The summed E-state index contributed by atoms with van der Waals surface area (Å²) in [7, 11) is 2.83. The minimum absolute atomic E-state index is 0.105. The molecule has 0 bridgehead atoms. The molecule has 0 fully saturated rings. The molecule has 2 rings (SSSR count). The van der Waals surface area contributed by atoms with Gasteiger partial charge in [0.05, 0.1) is 25.3 Å². The summed E-state index contributed by atoms with van der Waals surface area (Å²) in [6, 6.07) is 4.93. The Kier molecular flexibility index (Phi) is 2.44. The van der Waals surface area contributed by atoms with E-state index in [2.05, 4.69) is 4.74 Å². The molecule has 0 unspecified atom stereocenters. The van der Waals surface area contributed by atoms with E-state index in [0.717, 1.165) is 0 Å². The lowest BCUT2D eigenvalue weighted by atomic mass is 10.2. The Labute approximate surface area is 91.7 Å². The first-order chi connectivity index (χ1) is 7.67. The van der Waals surface area contributed by atoms with Crippen LogP contribution in [0.4, 0.5) is 5.69 Å². The van der Waals surface area contributed by atoms with Gasteiger partial charge >= 0.3 is 5.97 Å². The van der Waals surface area contributed by atoms with Crippen molar-refractivity contribution < 1.29 is 18.7 Å². The van der Waals surface area contributed by atoms with E-state index in [9.17, 15) is 4.79 Å². The maximum absolute atomic E-state index is 11.3. The second-order valence-electron chi connectivity index (χ2n) is 3.20. The molecule has 0 aliphatic carbocycles. The molecule has 0 saturated carbocycles. The third-order valence-electron chi connectivity index (χ3n) is 2.28. The zero-order valence-corrected chi connectivity index (χ0v) is 8.94. The SMILES string of the molecule is COC(=O)c1cc2c(OC)ccc(N)c2o1. The number of carbonyl (C=O) groups is 1. The predicted octanol–water partition coefficient (Wildman–Crippen LogP) is 1.81. The number of hydrogen-bond donors (Lipinski definition) is 1. The van der Waals surface area contributed by atoms with Crippen molar-refractivity contribution >= 4 is 22.6 Å². The summed E-state index contributed by atoms with van der Waals surface area (Å²) in [5.74, 6) is 0.162. The number of methoxy groups -OCH3 is 2. The molecule has 5 nitrogen and oxygen atoms in total. The van der Waals surface area contributed by atoms with Gasteiger partial charge in [0.2, 0.25) is 5.76 Å². The highest BCUT2D eigenvalue weighted by Crippen LogP contribution is 2.32. The number of hydrogen-bond acceptors (Lipinski definition) is 5. The molecule has 84 valence electrons.